The summed E-state index contributed by atoms with van der Waals surface area (Å²) in [5, 5.41) is 15.4. The van der Waals surface area contributed by atoms with E-state index in [1.54, 1.807) is 48.5 Å². The maximum absolute atomic E-state index is 13.2. The SMILES string of the molecule is O=C(N[C@@H](Cc1ccc(Cl)cc1)C(=O)O)/C(=C/c1cccc(C(F)(F)F)c1)NC(=O)c1cc2ccccc2o1. The smallest absolute Gasteiger partial charge is 0.416 e. The van der Waals surface area contributed by atoms with Crippen LogP contribution in [0, 0.1) is 0 Å². The van der Waals surface area contributed by atoms with Gasteiger partial charge in [-0.3, -0.25) is 9.59 Å². The highest BCUT2D eigenvalue weighted by Gasteiger charge is 2.30. The molecule has 3 N–H and O–H groups in total. The summed E-state index contributed by atoms with van der Waals surface area (Å²) in [5.74, 6) is -3.40. The molecule has 11 heteroatoms. The number of fused-ring (bicyclic) bond motifs is 1. The Morgan fingerprint density at radius 3 is 2.36 bits per heavy atom. The second-order valence-corrected chi connectivity index (χ2v) is 8.92. The van der Waals surface area contributed by atoms with E-state index in [4.69, 9.17) is 16.0 Å². The first-order valence-corrected chi connectivity index (χ1v) is 11.8. The van der Waals surface area contributed by atoms with Gasteiger partial charge in [0.1, 0.15) is 17.3 Å². The number of carbonyl (C=O) groups is 3. The van der Waals surface area contributed by atoms with Gasteiger partial charge in [0.25, 0.3) is 11.8 Å². The topological polar surface area (TPSA) is 109 Å². The Morgan fingerprint density at radius 2 is 1.69 bits per heavy atom. The number of carboxylic acid groups (broad SMARTS) is 1. The molecule has 200 valence electrons. The van der Waals surface area contributed by atoms with E-state index < -0.39 is 41.3 Å². The number of aliphatic carboxylic acids is 1. The predicted molar refractivity (Wildman–Crippen MR) is 138 cm³/mol. The molecule has 0 saturated carbocycles. The third kappa shape index (κ3) is 7.05. The molecule has 1 aromatic heterocycles. The van der Waals surface area contributed by atoms with Crippen LogP contribution in [0.4, 0.5) is 13.2 Å². The number of hydrogen-bond donors (Lipinski definition) is 3. The van der Waals surface area contributed by atoms with Crippen molar-refractivity contribution < 1.29 is 37.1 Å². The number of halogens is 4. The van der Waals surface area contributed by atoms with Gasteiger partial charge in [0.05, 0.1) is 5.56 Å². The van der Waals surface area contributed by atoms with E-state index in [9.17, 15) is 32.7 Å². The van der Waals surface area contributed by atoms with Crippen molar-refractivity contribution in [3.8, 4) is 0 Å². The van der Waals surface area contributed by atoms with Crippen molar-refractivity contribution in [2.24, 2.45) is 0 Å². The minimum Gasteiger partial charge on any atom is -0.480 e. The molecule has 0 unspecified atom stereocenters. The molecule has 4 aromatic rings. The van der Waals surface area contributed by atoms with Gasteiger partial charge in [-0.05, 0) is 53.6 Å². The van der Waals surface area contributed by atoms with Gasteiger partial charge in [0.2, 0.25) is 0 Å². The van der Waals surface area contributed by atoms with Gasteiger partial charge in [-0.1, -0.05) is 54.1 Å². The lowest BCUT2D eigenvalue weighted by Gasteiger charge is -2.17. The molecule has 0 bridgehead atoms. The molecule has 3 aromatic carbocycles. The number of carbonyl (C=O) groups excluding carboxylic acids is 2. The molecular formula is C28H20ClF3N2O5. The summed E-state index contributed by atoms with van der Waals surface area (Å²) in [6.07, 6.45) is -3.74. The number of rotatable bonds is 8. The quantitative estimate of drug-likeness (QED) is 0.242. The average molecular weight is 557 g/mol. The van der Waals surface area contributed by atoms with Gasteiger partial charge in [0, 0.05) is 16.8 Å². The minimum atomic E-state index is -4.64. The Balaban J connectivity index is 1.64. The molecule has 0 fully saturated rings. The van der Waals surface area contributed by atoms with Crippen molar-refractivity contribution in [1.29, 1.82) is 0 Å². The molecule has 0 saturated heterocycles. The summed E-state index contributed by atoms with van der Waals surface area (Å²) in [5.41, 5.74) is -0.538. The zero-order chi connectivity index (χ0) is 28.2. The molecule has 4 rings (SSSR count). The van der Waals surface area contributed by atoms with Crippen LogP contribution in [0.2, 0.25) is 5.02 Å². The Bertz CT molecular complexity index is 1530. The van der Waals surface area contributed by atoms with E-state index in [1.165, 1.54) is 12.1 Å². The fraction of sp³-hybridized carbons (Fsp3) is 0.107. The number of para-hydroxylation sites is 1. The molecule has 2 amide bonds. The Labute approximate surface area is 224 Å². The number of amides is 2. The van der Waals surface area contributed by atoms with Crippen molar-refractivity contribution in [2.75, 3.05) is 0 Å². The molecule has 7 nitrogen and oxygen atoms in total. The maximum Gasteiger partial charge on any atom is 0.416 e. The van der Waals surface area contributed by atoms with Gasteiger partial charge in [0.15, 0.2) is 5.76 Å². The number of benzene rings is 3. The van der Waals surface area contributed by atoms with Crippen molar-refractivity contribution in [2.45, 2.75) is 18.6 Å². The van der Waals surface area contributed by atoms with Crippen LogP contribution in [0.25, 0.3) is 17.0 Å². The molecule has 0 aliphatic carbocycles. The molecule has 39 heavy (non-hydrogen) atoms. The van der Waals surface area contributed by atoms with E-state index >= 15 is 0 Å². The summed E-state index contributed by atoms with van der Waals surface area (Å²) in [7, 11) is 0. The van der Waals surface area contributed by atoms with Gasteiger partial charge in [-0.2, -0.15) is 13.2 Å². The largest absolute Gasteiger partial charge is 0.480 e. The molecule has 0 aliphatic heterocycles. The van der Waals surface area contributed by atoms with E-state index in [-0.39, 0.29) is 17.7 Å². The van der Waals surface area contributed by atoms with Crippen molar-refractivity contribution in [3.05, 3.63) is 112 Å². The summed E-state index contributed by atoms with van der Waals surface area (Å²) in [6.45, 7) is 0. The van der Waals surface area contributed by atoms with E-state index in [0.717, 1.165) is 24.3 Å². The normalized spacial score (nSPS) is 12.7. The Kier molecular flexibility index (Phi) is 8.06. The van der Waals surface area contributed by atoms with Crippen LogP contribution in [0.1, 0.15) is 27.2 Å². The zero-order valence-electron chi connectivity index (χ0n) is 20.0. The third-order valence-electron chi connectivity index (χ3n) is 5.62. The van der Waals surface area contributed by atoms with Gasteiger partial charge < -0.3 is 20.2 Å². The van der Waals surface area contributed by atoms with Crippen LogP contribution in [-0.2, 0) is 22.2 Å². The summed E-state index contributed by atoms with van der Waals surface area (Å²) in [4.78, 5) is 38.0. The summed E-state index contributed by atoms with van der Waals surface area (Å²) in [6, 6.07) is 17.2. The van der Waals surface area contributed by atoms with Crippen molar-refractivity contribution >= 4 is 46.4 Å². The average Bonchev–Trinajstić information content (AvgIpc) is 3.33. The van der Waals surface area contributed by atoms with Crippen LogP contribution in [0.3, 0.4) is 0 Å². The monoisotopic (exact) mass is 556 g/mol. The van der Waals surface area contributed by atoms with Crippen LogP contribution in [0.5, 0.6) is 0 Å². The molecule has 0 spiro atoms. The highest BCUT2D eigenvalue weighted by molar-refractivity contribution is 6.30. The van der Waals surface area contributed by atoms with E-state index in [2.05, 4.69) is 10.6 Å². The first-order valence-electron chi connectivity index (χ1n) is 11.5. The summed E-state index contributed by atoms with van der Waals surface area (Å²) >= 11 is 5.87. The molecule has 1 heterocycles. The minimum absolute atomic E-state index is 0.0514. The highest BCUT2D eigenvalue weighted by atomic mass is 35.5. The van der Waals surface area contributed by atoms with Crippen LogP contribution < -0.4 is 10.6 Å². The van der Waals surface area contributed by atoms with Gasteiger partial charge >= 0.3 is 12.1 Å². The highest BCUT2D eigenvalue weighted by Crippen LogP contribution is 2.30. The molecule has 1 atom stereocenters. The molecule has 0 radical (unpaired) electrons. The second kappa shape index (κ2) is 11.4. The Hall–Kier alpha value is -4.57. The second-order valence-electron chi connectivity index (χ2n) is 8.48. The summed E-state index contributed by atoms with van der Waals surface area (Å²) < 4.78 is 45.2. The Morgan fingerprint density at radius 1 is 0.974 bits per heavy atom. The van der Waals surface area contributed by atoms with Crippen LogP contribution >= 0.6 is 11.6 Å². The lowest BCUT2D eigenvalue weighted by atomic mass is 10.1. The number of hydrogen-bond acceptors (Lipinski definition) is 4. The van der Waals surface area contributed by atoms with Gasteiger partial charge in [-0.15, -0.1) is 0 Å². The fourth-order valence-corrected chi connectivity index (χ4v) is 3.83. The fourth-order valence-electron chi connectivity index (χ4n) is 3.70. The zero-order valence-corrected chi connectivity index (χ0v) is 20.7. The lowest BCUT2D eigenvalue weighted by molar-refractivity contribution is -0.141. The molecule has 0 aliphatic rings. The van der Waals surface area contributed by atoms with Crippen molar-refractivity contribution in [1.82, 2.24) is 10.6 Å². The number of alkyl halides is 3. The number of carboxylic acids is 1. The van der Waals surface area contributed by atoms with Crippen LogP contribution in [0.15, 0.2) is 89.0 Å². The van der Waals surface area contributed by atoms with Crippen LogP contribution in [-0.4, -0.2) is 28.9 Å². The lowest BCUT2D eigenvalue weighted by Crippen LogP contribution is -2.45. The maximum atomic E-state index is 13.2. The van der Waals surface area contributed by atoms with Gasteiger partial charge in [-0.25, -0.2) is 4.79 Å². The predicted octanol–water partition coefficient (Wildman–Crippen LogP) is 5.69. The number of nitrogens with one attached hydrogen (secondary N) is 2. The van der Waals surface area contributed by atoms with E-state index in [1.807, 2.05) is 0 Å². The molecular weight excluding hydrogens is 537 g/mol. The van der Waals surface area contributed by atoms with Crippen molar-refractivity contribution in [3.63, 3.8) is 0 Å². The third-order valence-corrected chi connectivity index (χ3v) is 5.88. The van der Waals surface area contributed by atoms with E-state index in [0.29, 0.717) is 21.6 Å². The number of furan rings is 1. The first-order chi connectivity index (χ1) is 18.5. The standard InChI is InChI=1S/C28H20ClF3N2O5/c29-20-10-8-16(9-11-20)13-22(27(37)38)34-25(35)21(14-17-4-3-6-19(12-17)28(30,31)32)33-26(36)24-15-18-5-1-2-7-23(18)39-24/h1-12,14-15,22H,13H2,(H,33,36)(H,34,35)(H,37,38)/b21-14-/t22-/m0/s1. The first kappa shape index (κ1) is 27.5.